The number of methoxy groups -OCH3 is 1. The van der Waals surface area contributed by atoms with E-state index in [1.165, 1.54) is 7.11 Å². The molecule has 94 valence electrons. The van der Waals surface area contributed by atoms with Crippen LogP contribution in [-0.4, -0.2) is 67.1 Å². The molecule has 7 nitrogen and oxygen atoms in total. The molecule has 0 radical (unpaired) electrons. The van der Waals surface area contributed by atoms with E-state index in [2.05, 4.69) is 4.74 Å². The molecular formula is C8H15NO6S. The van der Waals surface area contributed by atoms with Crippen molar-refractivity contribution in [2.45, 2.75) is 18.6 Å². The number of aliphatic hydroxyl groups is 2. The zero-order valence-electron chi connectivity index (χ0n) is 8.87. The van der Waals surface area contributed by atoms with E-state index in [1.54, 1.807) is 0 Å². The molecule has 0 aromatic heterocycles. The van der Waals surface area contributed by atoms with Gasteiger partial charge >= 0.3 is 5.97 Å². The van der Waals surface area contributed by atoms with Crippen LogP contribution in [0.5, 0.6) is 0 Å². The van der Waals surface area contributed by atoms with Gasteiger partial charge in [0.25, 0.3) is 0 Å². The number of rotatable bonds is 4. The van der Waals surface area contributed by atoms with Gasteiger partial charge in [-0.05, 0) is 0 Å². The molecule has 1 aliphatic rings. The lowest BCUT2D eigenvalue weighted by Crippen LogP contribution is -2.32. The molecule has 0 spiro atoms. The summed E-state index contributed by atoms with van der Waals surface area (Å²) in [4.78, 5) is 10.8. The van der Waals surface area contributed by atoms with Crippen LogP contribution in [0.1, 0.15) is 6.42 Å². The molecular weight excluding hydrogens is 238 g/mol. The van der Waals surface area contributed by atoms with Crippen LogP contribution in [-0.2, 0) is 19.6 Å². The van der Waals surface area contributed by atoms with Gasteiger partial charge in [0.2, 0.25) is 10.0 Å². The molecule has 2 N–H and O–H groups in total. The van der Waals surface area contributed by atoms with Crippen LogP contribution in [0.25, 0.3) is 0 Å². The number of ether oxygens (including phenoxy) is 1. The number of hydrogen-bond donors (Lipinski definition) is 2. The molecule has 1 saturated heterocycles. The van der Waals surface area contributed by atoms with Crippen molar-refractivity contribution < 1.29 is 28.2 Å². The van der Waals surface area contributed by atoms with E-state index in [0.29, 0.717) is 0 Å². The van der Waals surface area contributed by atoms with E-state index >= 15 is 0 Å². The molecule has 2 atom stereocenters. The summed E-state index contributed by atoms with van der Waals surface area (Å²) in [5.74, 6) is -0.983. The Bertz CT molecular complexity index is 344. The lowest BCUT2D eigenvalue weighted by atomic mass is 10.3. The van der Waals surface area contributed by atoms with Crippen molar-refractivity contribution in [3.05, 3.63) is 0 Å². The largest absolute Gasteiger partial charge is 0.469 e. The van der Waals surface area contributed by atoms with Gasteiger partial charge in [0.1, 0.15) is 0 Å². The third kappa shape index (κ3) is 3.14. The van der Waals surface area contributed by atoms with E-state index in [1.807, 2.05) is 0 Å². The van der Waals surface area contributed by atoms with Gasteiger partial charge in [-0.2, -0.15) is 4.31 Å². The zero-order chi connectivity index (χ0) is 12.3. The SMILES string of the molecule is COC(=O)CCS(=O)(=O)N1CC(O)C(O)C1. The summed E-state index contributed by atoms with van der Waals surface area (Å²) >= 11 is 0. The van der Waals surface area contributed by atoms with Crippen molar-refractivity contribution in [3.63, 3.8) is 0 Å². The maximum absolute atomic E-state index is 11.6. The summed E-state index contributed by atoms with van der Waals surface area (Å²) in [6, 6.07) is 0. The Morgan fingerprint density at radius 2 is 1.88 bits per heavy atom. The van der Waals surface area contributed by atoms with Gasteiger partial charge in [-0.25, -0.2) is 8.42 Å². The molecule has 16 heavy (non-hydrogen) atoms. The lowest BCUT2D eigenvalue weighted by Gasteiger charge is -2.14. The fourth-order valence-corrected chi connectivity index (χ4v) is 2.85. The molecule has 2 unspecified atom stereocenters. The van der Waals surface area contributed by atoms with Crippen LogP contribution < -0.4 is 0 Å². The van der Waals surface area contributed by atoms with E-state index in [0.717, 1.165) is 4.31 Å². The van der Waals surface area contributed by atoms with Crippen LogP contribution >= 0.6 is 0 Å². The van der Waals surface area contributed by atoms with Crippen molar-refractivity contribution in [1.82, 2.24) is 4.31 Å². The van der Waals surface area contributed by atoms with Gasteiger partial charge in [0.15, 0.2) is 0 Å². The van der Waals surface area contributed by atoms with Crippen molar-refractivity contribution >= 4 is 16.0 Å². The number of sulfonamides is 1. The average Bonchev–Trinajstić information content (AvgIpc) is 2.56. The van der Waals surface area contributed by atoms with Crippen LogP contribution in [0, 0.1) is 0 Å². The summed E-state index contributed by atoms with van der Waals surface area (Å²) in [7, 11) is -2.44. The minimum absolute atomic E-state index is 0.134. The number of hydrogen-bond acceptors (Lipinski definition) is 6. The van der Waals surface area contributed by atoms with E-state index in [9.17, 15) is 23.4 Å². The number of aliphatic hydroxyl groups excluding tert-OH is 2. The Labute approximate surface area is 93.7 Å². The number of esters is 1. The smallest absolute Gasteiger partial charge is 0.306 e. The highest BCUT2D eigenvalue weighted by atomic mass is 32.2. The van der Waals surface area contributed by atoms with Gasteiger partial charge in [-0.15, -0.1) is 0 Å². The normalized spacial score (nSPS) is 26.9. The second-order valence-electron chi connectivity index (χ2n) is 3.59. The highest BCUT2D eigenvalue weighted by Gasteiger charge is 2.36. The molecule has 1 fully saturated rings. The Morgan fingerprint density at radius 3 is 2.31 bits per heavy atom. The average molecular weight is 253 g/mol. The van der Waals surface area contributed by atoms with Crippen LogP contribution in [0.3, 0.4) is 0 Å². The van der Waals surface area contributed by atoms with Gasteiger partial charge < -0.3 is 14.9 Å². The predicted molar refractivity (Wildman–Crippen MR) is 54.0 cm³/mol. The molecule has 0 saturated carbocycles. The quantitative estimate of drug-likeness (QED) is 0.557. The highest BCUT2D eigenvalue weighted by molar-refractivity contribution is 7.89. The van der Waals surface area contributed by atoms with E-state index in [-0.39, 0.29) is 25.3 Å². The molecule has 0 amide bonds. The second-order valence-corrected chi connectivity index (χ2v) is 5.68. The van der Waals surface area contributed by atoms with Gasteiger partial charge in [-0.1, -0.05) is 0 Å². The number of carbonyl (C=O) groups excluding carboxylic acids is 1. The maximum atomic E-state index is 11.6. The Morgan fingerprint density at radius 1 is 1.38 bits per heavy atom. The summed E-state index contributed by atoms with van der Waals surface area (Å²) < 4.78 is 28.6. The summed E-state index contributed by atoms with van der Waals surface area (Å²) in [5.41, 5.74) is 0. The van der Waals surface area contributed by atoms with Crippen molar-refractivity contribution in [2.75, 3.05) is 26.0 Å². The minimum atomic E-state index is -3.62. The van der Waals surface area contributed by atoms with E-state index < -0.39 is 28.2 Å². The Kier molecular flexibility index (Phi) is 4.25. The summed E-state index contributed by atoms with van der Waals surface area (Å²) in [5, 5.41) is 18.4. The minimum Gasteiger partial charge on any atom is -0.469 e. The third-order valence-electron chi connectivity index (χ3n) is 2.41. The fraction of sp³-hybridized carbons (Fsp3) is 0.875. The number of carbonyl (C=O) groups is 1. The molecule has 0 aromatic rings. The topological polar surface area (TPSA) is 104 Å². The second kappa shape index (κ2) is 5.09. The maximum Gasteiger partial charge on any atom is 0.306 e. The summed E-state index contributed by atoms with van der Waals surface area (Å²) in [6.07, 6.45) is -2.36. The van der Waals surface area contributed by atoms with E-state index in [4.69, 9.17) is 0 Å². The van der Waals surface area contributed by atoms with Crippen LogP contribution in [0.2, 0.25) is 0 Å². The molecule has 0 aromatic carbocycles. The van der Waals surface area contributed by atoms with Gasteiger partial charge in [-0.3, -0.25) is 4.79 Å². The molecule has 1 aliphatic heterocycles. The molecule has 0 aliphatic carbocycles. The Hall–Kier alpha value is -0.700. The molecule has 1 heterocycles. The first-order chi connectivity index (χ1) is 7.36. The molecule has 1 rings (SSSR count). The number of β-amino-alcohol motifs (C(OH)–C–C–N with tert-alkyl or cyclic N) is 2. The van der Waals surface area contributed by atoms with Gasteiger partial charge in [0.05, 0.1) is 31.5 Å². The molecule has 0 bridgehead atoms. The monoisotopic (exact) mass is 253 g/mol. The van der Waals surface area contributed by atoms with Crippen LogP contribution in [0.15, 0.2) is 0 Å². The standard InChI is InChI=1S/C8H15NO6S/c1-15-8(12)2-3-16(13,14)9-4-6(10)7(11)5-9/h6-7,10-11H,2-5H2,1H3. The van der Waals surface area contributed by atoms with Crippen molar-refractivity contribution in [1.29, 1.82) is 0 Å². The number of nitrogens with zero attached hydrogens (tertiary/aromatic N) is 1. The third-order valence-corrected chi connectivity index (χ3v) is 4.22. The first kappa shape index (κ1) is 13.4. The predicted octanol–water partition coefficient (Wildman–Crippen LogP) is -2.08. The Balaban J connectivity index is 2.55. The van der Waals surface area contributed by atoms with Crippen LogP contribution in [0.4, 0.5) is 0 Å². The van der Waals surface area contributed by atoms with Crippen molar-refractivity contribution in [2.24, 2.45) is 0 Å². The lowest BCUT2D eigenvalue weighted by molar-refractivity contribution is -0.140. The van der Waals surface area contributed by atoms with Gasteiger partial charge in [0, 0.05) is 13.1 Å². The first-order valence-electron chi connectivity index (χ1n) is 4.77. The first-order valence-corrected chi connectivity index (χ1v) is 6.38. The highest BCUT2D eigenvalue weighted by Crippen LogP contribution is 2.15. The van der Waals surface area contributed by atoms with Crippen molar-refractivity contribution in [3.8, 4) is 0 Å². The molecule has 8 heteroatoms. The fourth-order valence-electron chi connectivity index (χ4n) is 1.41. The zero-order valence-corrected chi connectivity index (χ0v) is 9.68. The summed E-state index contributed by atoms with van der Waals surface area (Å²) in [6.45, 7) is -0.269.